The fraction of sp³-hybridized carbons (Fsp3) is 0.812. The van der Waals surface area contributed by atoms with E-state index in [1.165, 1.54) is 19.3 Å². The van der Waals surface area contributed by atoms with Gasteiger partial charge in [-0.1, -0.05) is 19.3 Å². The molecule has 0 bridgehead atoms. The van der Waals surface area contributed by atoms with Gasteiger partial charge in [-0.25, -0.2) is 0 Å². The average Bonchev–Trinajstić information content (AvgIpc) is 2.60. The minimum absolute atomic E-state index is 0.148. The van der Waals surface area contributed by atoms with E-state index in [1.54, 1.807) is 0 Å². The van der Waals surface area contributed by atoms with Crippen LogP contribution in [0.3, 0.4) is 0 Å². The van der Waals surface area contributed by atoms with E-state index in [2.05, 4.69) is 12.6 Å². The predicted molar refractivity (Wildman–Crippen MR) is 80.9 cm³/mol. The molecule has 2 rings (SSSR count). The Kier molecular flexibility index (Phi) is 4.32. The molecule has 2 fully saturated rings. The Labute approximate surface area is 123 Å². The number of hydrogen-bond acceptors (Lipinski definition) is 3. The zero-order chi connectivity index (χ0) is 15.0. The molecule has 0 radical (unpaired) electrons. The van der Waals surface area contributed by atoms with Gasteiger partial charge in [0.1, 0.15) is 0 Å². The highest BCUT2D eigenvalue weighted by molar-refractivity contribution is 6.54. The van der Waals surface area contributed by atoms with E-state index in [1.807, 2.05) is 27.7 Å². The third-order valence-corrected chi connectivity index (χ3v) is 5.22. The second-order valence-electron chi connectivity index (χ2n) is 7.17. The highest BCUT2D eigenvalue weighted by atomic mass is 16.7. The molecule has 1 atom stereocenters. The summed E-state index contributed by atoms with van der Waals surface area (Å²) in [6, 6.07) is 2.44. The first-order chi connectivity index (χ1) is 9.28. The minimum Gasteiger partial charge on any atom is -0.400 e. The van der Waals surface area contributed by atoms with Crippen LogP contribution in [0.2, 0.25) is 0 Å². The quantitative estimate of drug-likeness (QED) is 0.734. The molecular weight excluding hydrogens is 249 g/mol. The molecule has 110 valence electrons. The Morgan fingerprint density at radius 2 is 1.65 bits per heavy atom. The first-order valence-electron chi connectivity index (χ1n) is 7.72. The van der Waals surface area contributed by atoms with E-state index in [-0.39, 0.29) is 17.1 Å². The van der Waals surface area contributed by atoms with Gasteiger partial charge in [-0.2, -0.15) is 5.26 Å². The van der Waals surface area contributed by atoms with Crippen LogP contribution in [0.15, 0.2) is 12.1 Å². The molecule has 3 nitrogen and oxygen atoms in total. The number of hydrogen-bond donors (Lipinski definition) is 0. The molecule has 0 spiro atoms. The van der Waals surface area contributed by atoms with Crippen molar-refractivity contribution in [2.45, 2.75) is 71.0 Å². The third-order valence-electron chi connectivity index (χ3n) is 5.22. The van der Waals surface area contributed by atoms with E-state index in [0.717, 1.165) is 18.3 Å². The number of nitriles is 1. The highest BCUT2D eigenvalue weighted by Gasteiger charge is 2.53. The molecule has 0 aromatic heterocycles. The molecule has 20 heavy (non-hydrogen) atoms. The van der Waals surface area contributed by atoms with Crippen molar-refractivity contribution in [3.63, 3.8) is 0 Å². The van der Waals surface area contributed by atoms with Crippen LogP contribution in [-0.4, -0.2) is 18.3 Å². The number of rotatable bonds is 3. The van der Waals surface area contributed by atoms with Gasteiger partial charge in [-0.05, 0) is 51.9 Å². The van der Waals surface area contributed by atoms with Gasteiger partial charge in [0.15, 0.2) is 0 Å². The monoisotopic (exact) mass is 275 g/mol. The molecule has 1 saturated carbocycles. The van der Waals surface area contributed by atoms with Gasteiger partial charge < -0.3 is 9.31 Å². The zero-order valence-corrected chi connectivity index (χ0v) is 13.2. The molecule has 0 aromatic carbocycles. The summed E-state index contributed by atoms with van der Waals surface area (Å²) in [5.74, 6) is 0.269. The minimum atomic E-state index is -0.452. The van der Waals surface area contributed by atoms with Gasteiger partial charge in [0.05, 0.1) is 23.2 Å². The molecule has 1 aliphatic carbocycles. The van der Waals surface area contributed by atoms with E-state index in [9.17, 15) is 5.26 Å². The van der Waals surface area contributed by atoms with Crippen LogP contribution in [0.5, 0.6) is 0 Å². The highest BCUT2D eigenvalue weighted by Crippen LogP contribution is 2.41. The lowest BCUT2D eigenvalue weighted by molar-refractivity contribution is 0.00578. The largest absolute Gasteiger partial charge is 0.491 e. The molecule has 0 N–H and O–H groups in total. The molecule has 0 unspecified atom stereocenters. The summed E-state index contributed by atoms with van der Waals surface area (Å²) in [6.07, 6.45) is 5.98. The zero-order valence-electron chi connectivity index (χ0n) is 13.2. The van der Waals surface area contributed by atoms with Crippen LogP contribution < -0.4 is 0 Å². The van der Waals surface area contributed by atoms with Crippen molar-refractivity contribution in [3.8, 4) is 6.07 Å². The Morgan fingerprint density at radius 1 is 1.15 bits per heavy atom. The smallest absolute Gasteiger partial charge is 0.400 e. The van der Waals surface area contributed by atoms with Crippen molar-refractivity contribution in [1.82, 2.24) is 0 Å². The van der Waals surface area contributed by atoms with Gasteiger partial charge in [0, 0.05) is 0 Å². The predicted octanol–water partition coefficient (Wildman–Crippen LogP) is 3.89. The van der Waals surface area contributed by atoms with Gasteiger partial charge in [-0.15, -0.1) is 6.58 Å². The van der Waals surface area contributed by atoms with Crippen LogP contribution in [0, 0.1) is 23.2 Å². The van der Waals surface area contributed by atoms with Crippen molar-refractivity contribution >= 4 is 7.12 Å². The Bertz CT molecular complexity index is 403. The van der Waals surface area contributed by atoms with Crippen molar-refractivity contribution in [1.29, 1.82) is 5.26 Å². The third kappa shape index (κ3) is 2.80. The Hall–Kier alpha value is -0.785. The lowest BCUT2D eigenvalue weighted by Crippen LogP contribution is -2.41. The maximum atomic E-state index is 9.55. The maximum Gasteiger partial charge on any atom is 0.491 e. The summed E-state index contributed by atoms with van der Waals surface area (Å²) < 4.78 is 12.1. The normalized spacial score (nSPS) is 27.1. The standard InChI is InChI=1S/C16H26BNO2/c1-12(14(11-18)13-9-7-6-8-10-13)17-19-15(2,3)16(4,5)20-17/h13-14H,1,6-10H2,2-5H3/t14-/m0/s1. The van der Waals surface area contributed by atoms with Crippen LogP contribution >= 0.6 is 0 Å². The van der Waals surface area contributed by atoms with Crippen molar-refractivity contribution in [2.24, 2.45) is 11.8 Å². The Balaban J connectivity index is 2.09. The first-order valence-corrected chi connectivity index (χ1v) is 7.72. The lowest BCUT2D eigenvalue weighted by atomic mass is 9.65. The molecule has 1 aliphatic heterocycles. The molecule has 4 heteroatoms. The SMILES string of the molecule is C=C(B1OC(C)(C)C(C)(C)O1)[C@H](C#N)C1CCCCC1. The molecular formula is C16H26BNO2. The van der Waals surface area contributed by atoms with Crippen LogP contribution in [0.25, 0.3) is 0 Å². The van der Waals surface area contributed by atoms with Gasteiger partial charge in [0.2, 0.25) is 0 Å². The summed E-state index contributed by atoms with van der Waals surface area (Å²) in [7, 11) is -0.452. The molecule has 1 saturated heterocycles. The second-order valence-corrected chi connectivity index (χ2v) is 7.17. The van der Waals surface area contributed by atoms with Gasteiger partial charge >= 0.3 is 7.12 Å². The van der Waals surface area contributed by atoms with Crippen LogP contribution in [-0.2, 0) is 9.31 Å². The van der Waals surface area contributed by atoms with Gasteiger partial charge in [0.25, 0.3) is 0 Å². The molecule has 1 heterocycles. The summed E-state index contributed by atoms with van der Waals surface area (Å²) in [4.78, 5) is 0. The molecule has 2 aliphatic rings. The number of allylic oxidation sites excluding steroid dienone is 1. The summed E-state index contributed by atoms with van der Waals surface area (Å²) in [6.45, 7) is 12.3. The Morgan fingerprint density at radius 3 is 2.10 bits per heavy atom. The van der Waals surface area contributed by atoms with E-state index < -0.39 is 7.12 Å². The molecule has 0 amide bonds. The fourth-order valence-electron chi connectivity index (χ4n) is 3.10. The first kappa shape index (κ1) is 15.6. The van der Waals surface area contributed by atoms with Crippen molar-refractivity contribution in [2.75, 3.05) is 0 Å². The summed E-state index contributed by atoms with van der Waals surface area (Å²) in [5.41, 5.74) is 0.0680. The van der Waals surface area contributed by atoms with Crippen LogP contribution in [0.1, 0.15) is 59.8 Å². The van der Waals surface area contributed by atoms with Gasteiger partial charge in [-0.3, -0.25) is 0 Å². The van der Waals surface area contributed by atoms with Crippen molar-refractivity contribution < 1.29 is 9.31 Å². The average molecular weight is 275 g/mol. The van der Waals surface area contributed by atoms with E-state index in [4.69, 9.17) is 9.31 Å². The lowest BCUT2D eigenvalue weighted by Gasteiger charge is -2.32. The molecule has 0 aromatic rings. The van der Waals surface area contributed by atoms with Crippen molar-refractivity contribution in [3.05, 3.63) is 12.1 Å². The van der Waals surface area contributed by atoms with E-state index in [0.29, 0.717) is 5.92 Å². The summed E-state index contributed by atoms with van der Waals surface area (Å²) >= 11 is 0. The van der Waals surface area contributed by atoms with Crippen LogP contribution in [0.4, 0.5) is 0 Å². The maximum absolute atomic E-state index is 9.55. The fourth-order valence-corrected chi connectivity index (χ4v) is 3.10. The topological polar surface area (TPSA) is 42.2 Å². The van der Waals surface area contributed by atoms with E-state index >= 15 is 0 Å². The summed E-state index contributed by atoms with van der Waals surface area (Å²) in [5, 5.41) is 9.55. The number of nitrogens with zero attached hydrogens (tertiary/aromatic N) is 1. The second kappa shape index (κ2) is 5.54.